The molecular weight excluding hydrogens is 398 g/mol. The standard InChI is InChI=1S/C19H18BrN3O3/c1-11(2)12-7-8-16(14(20)9-12)26-10-17(24)22-23-18-13-5-3-4-6-15(13)21-19(18)25/h3-9,11,21,25H,10H2,1-2H3. The molecule has 26 heavy (non-hydrogen) atoms. The quantitative estimate of drug-likeness (QED) is 0.543. The van der Waals surface area contributed by atoms with E-state index in [2.05, 4.69) is 45.0 Å². The molecule has 134 valence electrons. The van der Waals surface area contributed by atoms with E-state index in [0.29, 0.717) is 17.1 Å². The highest BCUT2D eigenvalue weighted by Crippen LogP contribution is 2.35. The third kappa shape index (κ3) is 3.94. The Morgan fingerprint density at radius 2 is 2.04 bits per heavy atom. The van der Waals surface area contributed by atoms with Crippen LogP contribution in [0.1, 0.15) is 25.3 Å². The number of nitrogens with zero attached hydrogens (tertiary/aromatic N) is 2. The summed E-state index contributed by atoms with van der Waals surface area (Å²) in [4.78, 5) is 14.7. The molecule has 0 saturated heterocycles. The summed E-state index contributed by atoms with van der Waals surface area (Å²) in [6, 6.07) is 13.0. The molecule has 1 aromatic heterocycles. The molecule has 0 radical (unpaired) electrons. The molecule has 0 spiro atoms. The monoisotopic (exact) mass is 415 g/mol. The van der Waals surface area contributed by atoms with Crippen molar-refractivity contribution in [3.05, 3.63) is 52.5 Å². The maximum Gasteiger partial charge on any atom is 0.302 e. The predicted octanol–water partition coefficient (Wildman–Crippen LogP) is 5.45. The fourth-order valence-electron chi connectivity index (χ4n) is 2.48. The molecular formula is C19H18BrN3O3. The fourth-order valence-corrected chi connectivity index (χ4v) is 2.99. The number of aromatic hydroxyl groups is 1. The molecule has 0 saturated carbocycles. The lowest BCUT2D eigenvalue weighted by Crippen LogP contribution is -2.08. The van der Waals surface area contributed by atoms with Crippen molar-refractivity contribution in [1.82, 2.24) is 4.98 Å². The molecule has 1 amide bonds. The predicted molar refractivity (Wildman–Crippen MR) is 103 cm³/mol. The normalized spacial score (nSPS) is 11.5. The van der Waals surface area contributed by atoms with Gasteiger partial charge in [0.05, 0.1) is 9.99 Å². The lowest BCUT2D eigenvalue weighted by molar-refractivity contribution is -0.120. The van der Waals surface area contributed by atoms with E-state index in [1.165, 1.54) is 5.56 Å². The summed E-state index contributed by atoms with van der Waals surface area (Å²) in [6.45, 7) is 3.96. The van der Waals surface area contributed by atoms with Gasteiger partial charge in [-0.3, -0.25) is 4.79 Å². The number of azo groups is 1. The van der Waals surface area contributed by atoms with Gasteiger partial charge in [-0.2, -0.15) is 0 Å². The van der Waals surface area contributed by atoms with Crippen LogP contribution in [0.3, 0.4) is 0 Å². The molecule has 2 N–H and O–H groups in total. The zero-order valence-corrected chi connectivity index (χ0v) is 15.9. The summed E-state index contributed by atoms with van der Waals surface area (Å²) < 4.78 is 6.28. The first-order valence-corrected chi connectivity index (χ1v) is 8.91. The van der Waals surface area contributed by atoms with E-state index in [1.54, 1.807) is 12.1 Å². The maximum absolute atomic E-state index is 12.0. The van der Waals surface area contributed by atoms with Gasteiger partial charge in [-0.25, -0.2) is 0 Å². The zero-order chi connectivity index (χ0) is 18.7. The first-order valence-electron chi connectivity index (χ1n) is 8.12. The lowest BCUT2D eigenvalue weighted by Gasteiger charge is -2.10. The van der Waals surface area contributed by atoms with Crippen LogP contribution in [0.5, 0.6) is 11.6 Å². The number of hydrogen-bond donors (Lipinski definition) is 2. The number of H-pyrrole nitrogens is 1. The van der Waals surface area contributed by atoms with Gasteiger partial charge in [0.25, 0.3) is 0 Å². The first-order chi connectivity index (χ1) is 12.5. The Morgan fingerprint density at radius 1 is 1.27 bits per heavy atom. The second kappa shape index (κ2) is 7.70. The van der Waals surface area contributed by atoms with Crippen molar-refractivity contribution in [2.75, 3.05) is 6.61 Å². The molecule has 3 aromatic rings. The SMILES string of the molecule is CC(C)c1ccc(OCC(=O)N=Nc2c(O)[nH]c3ccccc23)c(Br)c1. The van der Waals surface area contributed by atoms with E-state index in [0.717, 1.165) is 9.99 Å². The average molecular weight is 416 g/mol. The lowest BCUT2D eigenvalue weighted by atomic mass is 10.0. The smallest absolute Gasteiger partial charge is 0.302 e. The molecule has 0 fully saturated rings. The first kappa shape index (κ1) is 18.1. The van der Waals surface area contributed by atoms with E-state index >= 15 is 0 Å². The maximum atomic E-state index is 12.0. The number of hydrogen-bond acceptors (Lipinski definition) is 4. The Balaban J connectivity index is 1.67. The summed E-state index contributed by atoms with van der Waals surface area (Å²) >= 11 is 3.45. The topological polar surface area (TPSA) is 87.0 Å². The van der Waals surface area contributed by atoms with Crippen molar-refractivity contribution >= 4 is 38.4 Å². The molecule has 0 aliphatic heterocycles. The number of amides is 1. The van der Waals surface area contributed by atoms with E-state index in [1.807, 2.05) is 30.3 Å². The summed E-state index contributed by atoms with van der Waals surface area (Å²) in [5, 5.41) is 18.1. The van der Waals surface area contributed by atoms with Gasteiger partial charge >= 0.3 is 5.91 Å². The second-order valence-corrected chi connectivity index (χ2v) is 6.95. The summed E-state index contributed by atoms with van der Waals surface area (Å²) in [7, 11) is 0. The van der Waals surface area contributed by atoms with Crippen molar-refractivity contribution in [3.8, 4) is 11.6 Å². The van der Waals surface area contributed by atoms with Crippen LogP contribution in [-0.4, -0.2) is 22.6 Å². The molecule has 0 aliphatic rings. The van der Waals surface area contributed by atoms with Crippen LogP contribution in [0.25, 0.3) is 10.9 Å². The summed E-state index contributed by atoms with van der Waals surface area (Å²) in [6.07, 6.45) is 0. The second-order valence-electron chi connectivity index (χ2n) is 6.09. The van der Waals surface area contributed by atoms with E-state index in [9.17, 15) is 9.90 Å². The van der Waals surface area contributed by atoms with Gasteiger partial charge in [0.15, 0.2) is 12.3 Å². The highest BCUT2D eigenvalue weighted by molar-refractivity contribution is 9.10. The minimum Gasteiger partial charge on any atom is -0.493 e. The number of ether oxygens (including phenoxy) is 1. The number of para-hydroxylation sites is 1. The van der Waals surface area contributed by atoms with Crippen molar-refractivity contribution in [2.24, 2.45) is 10.2 Å². The number of aromatic amines is 1. The van der Waals surface area contributed by atoms with Crippen molar-refractivity contribution in [1.29, 1.82) is 0 Å². The minimum absolute atomic E-state index is 0.129. The van der Waals surface area contributed by atoms with Gasteiger partial charge in [0, 0.05) is 5.39 Å². The Kier molecular flexibility index (Phi) is 5.37. The van der Waals surface area contributed by atoms with Gasteiger partial charge in [-0.15, -0.1) is 10.2 Å². The molecule has 0 unspecified atom stereocenters. The summed E-state index contributed by atoms with van der Waals surface area (Å²) in [5.41, 5.74) is 2.12. The minimum atomic E-state index is -0.547. The molecule has 7 heteroatoms. The van der Waals surface area contributed by atoms with Crippen molar-refractivity contribution < 1.29 is 14.6 Å². The average Bonchev–Trinajstić information content (AvgIpc) is 2.93. The van der Waals surface area contributed by atoms with Crippen molar-refractivity contribution in [2.45, 2.75) is 19.8 Å². The van der Waals surface area contributed by atoms with Crippen LogP contribution < -0.4 is 4.74 Å². The number of nitrogens with one attached hydrogen (secondary N) is 1. The van der Waals surface area contributed by atoms with Gasteiger partial charge in [0.2, 0.25) is 5.88 Å². The number of rotatable bonds is 5. The number of carbonyl (C=O) groups excluding carboxylic acids is 1. The Hall–Kier alpha value is -2.67. The van der Waals surface area contributed by atoms with Crippen LogP contribution in [-0.2, 0) is 4.79 Å². The number of fused-ring (bicyclic) bond motifs is 1. The fraction of sp³-hybridized carbons (Fsp3) is 0.211. The van der Waals surface area contributed by atoms with Gasteiger partial charge in [-0.05, 0) is 45.6 Å². The van der Waals surface area contributed by atoms with E-state index < -0.39 is 5.91 Å². The third-order valence-electron chi connectivity index (χ3n) is 3.89. The third-order valence-corrected chi connectivity index (χ3v) is 4.51. The molecule has 3 rings (SSSR count). The van der Waals surface area contributed by atoms with Crippen LogP contribution in [0.4, 0.5) is 5.69 Å². The summed E-state index contributed by atoms with van der Waals surface area (Å²) in [5.74, 6) is 0.290. The Morgan fingerprint density at radius 3 is 2.77 bits per heavy atom. The van der Waals surface area contributed by atoms with E-state index in [4.69, 9.17) is 4.74 Å². The van der Waals surface area contributed by atoms with Crippen molar-refractivity contribution in [3.63, 3.8) is 0 Å². The largest absolute Gasteiger partial charge is 0.493 e. The highest BCUT2D eigenvalue weighted by atomic mass is 79.9. The highest BCUT2D eigenvalue weighted by Gasteiger charge is 2.11. The molecule has 1 heterocycles. The number of halogens is 1. The number of aromatic nitrogens is 1. The molecule has 0 bridgehead atoms. The van der Waals surface area contributed by atoms with Crippen LogP contribution in [0.2, 0.25) is 0 Å². The molecule has 0 atom stereocenters. The molecule has 2 aromatic carbocycles. The van der Waals surface area contributed by atoms with Crippen LogP contribution >= 0.6 is 15.9 Å². The molecule has 6 nitrogen and oxygen atoms in total. The van der Waals surface area contributed by atoms with Gasteiger partial charge < -0.3 is 14.8 Å². The number of carbonyl (C=O) groups is 1. The van der Waals surface area contributed by atoms with Gasteiger partial charge in [0.1, 0.15) is 5.75 Å². The van der Waals surface area contributed by atoms with Gasteiger partial charge in [-0.1, -0.05) is 38.1 Å². The Bertz CT molecular complexity index is 979. The van der Waals surface area contributed by atoms with E-state index in [-0.39, 0.29) is 18.2 Å². The van der Waals surface area contributed by atoms with Crippen LogP contribution in [0, 0.1) is 0 Å². The number of benzene rings is 2. The zero-order valence-electron chi connectivity index (χ0n) is 14.4. The molecule has 0 aliphatic carbocycles. The Labute approximate surface area is 159 Å². The van der Waals surface area contributed by atoms with Crippen LogP contribution in [0.15, 0.2) is 57.2 Å².